The minimum Gasteiger partial charge on any atom is -0.479 e. The van der Waals surface area contributed by atoms with Gasteiger partial charge in [-0.15, -0.1) is 0 Å². The van der Waals surface area contributed by atoms with Crippen LogP contribution in [0.4, 0.5) is 0 Å². The van der Waals surface area contributed by atoms with Crippen molar-refractivity contribution < 1.29 is 14.7 Å². The molecule has 0 saturated heterocycles. The van der Waals surface area contributed by atoms with Crippen LogP contribution in [0.25, 0.3) is 0 Å². The third-order valence-electron chi connectivity index (χ3n) is 3.12. The van der Waals surface area contributed by atoms with Crippen LogP contribution in [0.3, 0.4) is 0 Å². The summed E-state index contributed by atoms with van der Waals surface area (Å²) >= 11 is 3.29. The van der Waals surface area contributed by atoms with Crippen LogP contribution in [0.15, 0.2) is 40.9 Å². The van der Waals surface area contributed by atoms with E-state index < -0.39 is 12.0 Å². The van der Waals surface area contributed by atoms with Gasteiger partial charge >= 0.3 is 5.97 Å². The standard InChI is InChI=1S/C14H14BrNO3/c15-11-7-5-9(6-8-11)12(14(18)19)16-13(17)10-3-1-2-4-10/h1-2,5-8,10,12H,3-4H2,(H,16,17)(H,18,19). The molecule has 1 aromatic carbocycles. The van der Waals surface area contributed by atoms with E-state index in [1.165, 1.54) is 0 Å². The van der Waals surface area contributed by atoms with Crippen LogP contribution in [0.1, 0.15) is 24.4 Å². The second-order valence-electron chi connectivity index (χ2n) is 4.47. The summed E-state index contributed by atoms with van der Waals surface area (Å²) in [5.74, 6) is -1.40. The van der Waals surface area contributed by atoms with Crippen molar-refractivity contribution in [3.63, 3.8) is 0 Å². The summed E-state index contributed by atoms with van der Waals surface area (Å²) in [5, 5.41) is 11.8. The molecule has 5 heteroatoms. The number of aliphatic carboxylic acids is 1. The van der Waals surface area contributed by atoms with Gasteiger partial charge in [0.15, 0.2) is 6.04 Å². The summed E-state index contributed by atoms with van der Waals surface area (Å²) in [6.07, 6.45) is 5.25. The Balaban J connectivity index is 2.10. The van der Waals surface area contributed by atoms with E-state index in [1.54, 1.807) is 24.3 Å². The maximum absolute atomic E-state index is 12.0. The lowest BCUT2D eigenvalue weighted by atomic mass is 10.0. The first-order valence-corrected chi connectivity index (χ1v) is 6.81. The molecule has 1 aromatic rings. The molecule has 1 amide bonds. The second kappa shape index (κ2) is 6.02. The largest absolute Gasteiger partial charge is 0.479 e. The third-order valence-corrected chi connectivity index (χ3v) is 3.64. The number of carbonyl (C=O) groups excluding carboxylic acids is 1. The first-order valence-electron chi connectivity index (χ1n) is 6.01. The fourth-order valence-corrected chi connectivity index (χ4v) is 2.30. The Kier molecular flexibility index (Phi) is 4.37. The third kappa shape index (κ3) is 3.44. The first-order chi connectivity index (χ1) is 9.08. The molecule has 1 aliphatic carbocycles. The Bertz CT molecular complexity index is 502. The maximum atomic E-state index is 12.0. The van der Waals surface area contributed by atoms with Gasteiger partial charge in [0.25, 0.3) is 0 Å². The normalized spacial score (nSPS) is 16.3. The zero-order chi connectivity index (χ0) is 13.8. The lowest BCUT2D eigenvalue weighted by molar-refractivity contribution is -0.142. The Morgan fingerprint density at radius 3 is 2.32 bits per heavy atom. The summed E-state index contributed by atoms with van der Waals surface area (Å²) < 4.78 is 0.867. The number of carboxylic acids is 1. The van der Waals surface area contributed by atoms with E-state index in [-0.39, 0.29) is 11.8 Å². The van der Waals surface area contributed by atoms with Crippen LogP contribution < -0.4 is 5.32 Å². The van der Waals surface area contributed by atoms with Crippen molar-refractivity contribution in [3.05, 3.63) is 46.5 Å². The van der Waals surface area contributed by atoms with Gasteiger partial charge in [0.05, 0.1) is 0 Å². The van der Waals surface area contributed by atoms with Crippen LogP contribution in [-0.2, 0) is 9.59 Å². The van der Waals surface area contributed by atoms with E-state index >= 15 is 0 Å². The zero-order valence-corrected chi connectivity index (χ0v) is 11.8. The topological polar surface area (TPSA) is 66.4 Å². The molecule has 0 fully saturated rings. The van der Waals surface area contributed by atoms with E-state index in [0.717, 1.165) is 4.47 Å². The van der Waals surface area contributed by atoms with Gasteiger partial charge in [-0.25, -0.2) is 4.79 Å². The molecule has 100 valence electrons. The van der Waals surface area contributed by atoms with Crippen LogP contribution in [-0.4, -0.2) is 17.0 Å². The summed E-state index contributed by atoms with van der Waals surface area (Å²) in [5.41, 5.74) is 0.565. The van der Waals surface area contributed by atoms with Gasteiger partial charge < -0.3 is 10.4 Å². The van der Waals surface area contributed by atoms with Gasteiger partial charge in [0.2, 0.25) is 5.91 Å². The Hall–Kier alpha value is -1.62. The lowest BCUT2D eigenvalue weighted by Gasteiger charge is -2.17. The van der Waals surface area contributed by atoms with Crippen molar-refractivity contribution in [2.75, 3.05) is 0 Å². The van der Waals surface area contributed by atoms with Crippen molar-refractivity contribution in [2.45, 2.75) is 18.9 Å². The van der Waals surface area contributed by atoms with Gasteiger partial charge in [-0.3, -0.25) is 4.79 Å². The highest BCUT2D eigenvalue weighted by molar-refractivity contribution is 9.10. The molecular weight excluding hydrogens is 310 g/mol. The molecule has 2 rings (SSSR count). The SMILES string of the molecule is O=C(NC(C(=O)O)c1ccc(Br)cc1)C1CC=CC1. The van der Waals surface area contributed by atoms with E-state index in [4.69, 9.17) is 0 Å². The molecule has 0 bridgehead atoms. The van der Waals surface area contributed by atoms with Crippen LogP contribution >= 0.6 is 15.9 Å². The predicted octanol–water partition coefficient (Wildman–Crippen LogP) is 2.66. The number of carbonyl (C=O) groups is 2. The smallest absolute Gasteiger partial charge is 0.330 e. The zero-order valence-electron chi connectivity index (χ0n) is 10.2. The summed E-state index contributed by atoms with van der Waals surface area (Å²) in [4.78, 5) is 23.3. The average Bonchev–Trinajstić information content (AvgIpc) is 2.90. The van der Waals surface area contributed by atoms with E-state index in [2.05, 4.69) is 21.2 Å². The van der Waals surface area contributed by atoms with Crippen molar-refractivity contribution >= 4 is 27.8 Å². The van der Waals surface area contributed by atoms with Crippen LogP contribution in [0.2, 0.25) is 0 Å². The van der Waals surface area contributed by atoms with Gasteiger partial charge in [0, 0.05) is 10.4 Å². The number of halogens is 1. The molecular formula is C14H14BrNO3. The molecule has 1 atom stereocenters. The van der Waals surface area contributed by atoms with Gasteiger partial charge in [0.1, 0.15) is 0 Å². The molecule has 1 unspecified atom stereocenters. The lowest BCUT2D eigenvalue weighted by Crippen LogP contribution is -2.37. The van der Waals surface area contributed by atoms with E-state index in [1.807, 2.05) is 12.2 Å². The van der Waals surface area contributed by atoms with Crippen LogP contribution in [0.5, 0.6) is 0 Å². The second-order valence-corrected chi connectivity index (χ2v) is 5.39. The molecule has 4 nitrogen and oxygen atoms in total. The molecule has 19 heavy (non-hydrogen) atoms. The molecule has 2 N–H and O–H groups in total. The Morgan fingerprint density at radius 1 is 1.21 bits per heavy atom. The fraction of sp³-hybridized carbons (Fsp3) is 0.286. The number of hydrogen-bond acceptors (Lipinski definition) is 2. The summed E-state index contributed by atoms with van der Waals surface area (Å²) in [7, 11) is 0. The van der Waals surface area contributed by atoms with Crippen LogP contribution in [0, 0.1) is 5.92 Å². The number of benzene rings is 1. The maximum Gasteiger partial charge on any atom is 0.330 e. The Morgan fingerprint density at radius 2 is 1.79 bits per heavy atom. The van der Waals surface area contributed by atoms with Gasteiger partial charge in [-0.1, -0.05) is 40.2 Å². The number of allylic oxidation sites excluding steroid dienone is 2. The monoisotopic (exact) mass is 323 g/mol. The number of amides is 1. The average molecular weight is 324 g/mol. The minimum atomic E-state index is -1.05. The summed E-state index contributed by atoms with van der Waals surface area (Å²) in [6, 6.07) is 5.90. The molecule has 0 saturated carbocycles. The highest BCUT2D eigenvalue weighted by atomic mass is 79.9. The quantitative estimate of drug-likeness (QED) is 0.837. The summed E-state index contributed by atoms with van der Waals surface area (Å²) in [6.45, 7) is 0. The minimum absolute atomic E-state index is 0.141. The number of nitrogens with one attached hydrogen (secondary N) is 1. The van der Waals surface area contributed by atoms with E-state index in [0.29, 0.717) is 18.4 Å². The molecule has 0 aromatic heterocycles. The van der Waals surface area contributed by atoms with Crippen molar-refractivity contribution in [3.8, 4) is 0 Å². The Labute approximate surface area is 119 Å². The van der Waals surface area contributed by atoms with Crippen molar-refractivity contribution in [1.29, 1.82) is 0 Å². The van der Waals surface area contributed by atoms with Gasteiger partial charge in [-0.05, 0) is 30.5 Å². The molecule has 0 heterocycles. The number of hydrogen-bond donors (Lipinski definition) is 2. The predicted molar refractivity (Wildman–Crippen MR) is 74.5 cm³/mol. The number of carboxylic acid groups (broad SMARTS) is 1. The van der Waals surface area contributed by atoms with Gasteiger partial charge in [-0.2, -0.15) is 0 Å². The fourth-order valence-electron chi connectivity index (χ4n) is 2.03. The number of rotatable bonds is 4. The highest BCUT2D eigenvalue weighted by Crippen LogP contribution is 2.21. The van der Waals surface area contributed by atoms with Crippen molar-refractivity contribution in [2.24, 2.45) is 5.92 Å². The molecule has 0 aliphatic heterocycles. The molecule has 0 spiro atoms. The van der Waals surface area contributed by atoms with Crippen molar-refractivity contribution in [1.82, 2.24) is 5.32 Å². The van der Waals surface area contributed by atoms with E-state index in [9.17, 15) is 14.7 Å². The first kappa shape index (κ1) is 13.8. The highest BCUT2D eigenvalue weighted by Gasteiger charge is 2.26. The molecule has 1 aliphatic rings. The molecule has 0 radical (unpaired) electrons.